The van der Waals surface area contributed by atoms with Crippen molar-refractivity contribution in [3.8, 4) is 16.9 Å². The molecule has 0 unspecified atom stereocenters. The summed E-state index contributed by atoms with van der Waals surface area (Å²) in [6.07, 6.45) is 2.37. The number of carbonyl (C=O) groups is 1. The van der Waals surface area contributed by atoms with Gasteiger partial charge in [0.2, 0.25) is 5.91 Å². The molecule has 35 heavy (non-hydrogen) atoms. The number of para-hydroxylation sites is 1. The Bertz CT molecular complexity index is 1460. The van der Waals surface area contributed by atoms with Crippen LogP contribution in [0.3, 0.4) is 0 Å². The van der Waals surface area contributed by atoms with Crippen molar-refractivity contribution in [2.24, 2.45) is 5.73 Å². The van der Waals surface area contributed by atoms with Crippen molar-refractivity contribution in [3.63, 3.8) is 0 Å². The second kappa shape index (κ2) is 9.02. The Balaban J connectivity index is 1.72. The lowest BCUT2D eigenvalue weighted by Crippen LogP contribution is -2.31. The highest BCUT2D eigenvalue weighted by Gasteiger charge is 2.29. The maximum atomic E-state index is 11.8. The molecule has 178 valence electrons. The summed E-state index contributed by atoms with van der Waals surface area (Å²) in [5.74, 6) is 0.257. The number of nitrogens with zero attached hydrogens (tertiary/aromatic N) is 4. The van der Waals surface area contributed by atoms with E-state index < -0.39 is 5.91 Å². The van der Waals surface area contributed by atoms with Gasteiger partial charge in [-0.25, -0.2) is 9.67 Å². The first-order valence-corrected chi connectivity index (χ1v) is 12.1. The Morgan fingerprint density at radius 2 is 1.77 bits per heavy atom. The van der Waals surface area contributed by atoms with Gasteiger partial charge in [-0.3, -0.25) is 4.79 Å². The fourth-order valence-corrected chi connectivity index (χ4v) is 5.35. The van der Waals surface area contributed by atoms with Gasteiger partial charge in [-0.1, -0.05) is 47.5 Å². The van der Waals surface area contributed by atoms with E-state index >= 15 is 0 Å². The number of anilines is 1. The lowest BCUT2D eigenvalue weighted by atomic mass is 9.96. The Morgan fingerprint density at radius 3 is 2.43 bits per heavy atom. The maximum Gasteiger partial charge on any atom is 0.248 e. The SMILES string of the molecule is Cc1cc(C(N)=O)ccc1-c1c2c(nn1-c1c(C)cccc1C)CCN(c1ncc(Cl)cc1Cl)C2. The predicted molar refractivity (Wildman–Crippen MR) is 141 cm³/mol. The van der Waals surface area contributed by atoms with E-state index in [1.54, 1.807) is 18.3 Å². The summed E-state index contributed by atoms with van der Waals surface area (Å²) in [5.41, 5.74) is 14.5. The van der Waals surface area contributed by atoms with Crippen LogP contribution in [-0.2, 0) is 13.0 Å². The molecule has 0 spiro atoms. The fraction of sp³-hybridized carbons (Fsp3) is 0.222. The molecular weight excluding hydrogens is 481 g/mol. The smallest absolute Gasteiger partial charge is 0.248 e. The third-order valence-electron chi connectivity index (χ3n) is 6.54. The molecule has 5 rings (SSSR count). The number of benzene rings is 2. The van der Waals surface area contributed by atoms with Crippen LogP contribution in [0.15, 0.2) is 48.7 Å². The van der Waals surface area contributed by atoms with E-state index in [0.717, 1.165) is 57.9 Å². The summed E-state index contributed by atoms with van der Waals surface area (Å²) in [5, 5.41) is 6.13. The number of fused-ring (bicyclic) bond motifs is 1. The summed E-state index contributed by atoms with van der Waals surface area (Å²) in [7, 11) is 0. The largest absolute Gasteiger partial charge is 0.366 e. The number of carbonyl (C=O) groups excluding carboxylic acids is 1. The molecule has 2 aromatic heterocycles. The zero-order valence-electron chi connectivity index (χ0n) is 19.8. The second-order valence-corrected chi connectivity index (χ2v) is 9.79. The van der Waals surface area contributed by atoms with E-state index in [4.69, 9.17) is 34.0 Å². The summed E-state index contributed by atoms with van der Waals surface area (Å²) in [4.78, 5) is 18.4. The van der Waals surface area contributed by atoms with Crippen LogP contribution in [-0.4, -0.2) is 27.2 Å². The average Bonchev–Trinajstić information content (AvgIpc) is 3.17. The zero-order valence-corrected chi connectivity index (χ0v) is 21.3. The first-order chi connectivity index (χ1) is 16.7. The second-order valence-electron chi connectivity index (χ2n) is 8.95. The molecule has 0 atom stereocenters. The number of hydrogen-bond donors (Lipinski definition) is 1. The highest BCUT2D eigenvalue weighted by atomic mass is 35.5. The lowest BCUT2D eigenvalue weighted by Gasteiger charge is -2.29. The van der Waals surface area contributed by atoms with E-state index in [1.165, 1.54) is 0 Å². The van der Waals surface area contributed by atoms with Crippen LogP contribution in [0.1, 0.15) is 38.3 Å². The lowest BCUT2D eigenvalue weighted by molar-refractivity contribution is 0.1000. The van der Waals surface area contributed by atoms with E-state index in [9.17, 15) is 4.79 Å². The van der Waals surface area contributed by atoms with Crippen molar-refractivity contribution in [2.45, 2.75) is 33.7 Å². The van der Waals surface area contributed by atoms with Crippen LogP contribution in [0.25, 0.3) is 16.9 Å². The molecule has 0 saturated carbocycles. The quantitative estimate of drug-likeness (QED) is 0.378. The minimum atomic E-state index is -0.445. The van der Waals surface area contributed by atoms with Crippen molar-refractivity contribution in [2.75, 3.05) is 11.4 Å². The Labute approximate surface area is 214 Å². The first kappa shape index (κ1) is 23.4. The van der Waals surface area contributed by atoms with Crippen LogP contribution in [0, 0.1) is 20.8 Å². The molecule has 2 aromatic carbocycles. The van der Waals surface area contributed by atoms with Gasteiger partial charge < -0.3 is 10.6 Å². The van der Waals surface area contributed by atoms with E-state index in [1.807, 2.05) is 19.1 Å². The van der Waals surface area contributed by atoms with Crippen LogP contribution in [0.4, 0.5) is 5.82 Å². The number of primary amides is 1. The molecule has 0 aliphatic carbocycles. The molecule has 0 fully saturated rings. The summed E-state index contributed by atoms with van der Waals surface area (Å²) in [6.45, 7) is 7.53. The van der Waals surface area contributed by atoms with Crippen molar-refractivity contribution >= 4 is 34.9 Å². The fourth-order valence-electron chi connectivity index (χ4n) is 4.86. The van der Waals surface area contributed by atoms with Gasteiger partial charge in [0.05, 0.1) is 27.1 Å². The van der Waals surface area contributed by atoms with Crippen molar-refractivity contribution < 1.29 is 4.79 Å². The standard InChI is InChI=1S/C27H25Cl2N5O/c1-15-5-4-6-16(2)24(15)34-25(20-8-7-18(26(30)35)11-17(20)3)21-14-33(10-9-23(21)32-34)27-22(29)12-19(28)13-31-27/h4-8,11-13H,9-10,14H2,1-3H3,(H2,30,35). The minimum Gasteiger partial charge on any atom is -0.366 e. The number of aryl methyl sites for hydroxylation is 3. The molecule has 0 radical (unpaired) electrons. The molecule has 2 N–H and O–H groups in total. The number of amides is 1. The zero-order chi connectivity index (χ0) is 24.9. The van der Waals surface area contributed by atoms with Gasteiger partial charge in [0.1, 0.15) is 5.82 Å². The molecule has 6 nitrogen and oxygen atoms in total. The van der Waals surface area contributed by atoms with Crippen molar-refractivity contribution in [1.82, 2.24) is 14.8 Å². The molecule has 0 bridgehead atoms. The molecule has 8 heteroatoms. The molecular formula is C27H25Cl2N5O. The van der Waals surface area contributed by atoms with Crippen LogP contribution in [0.5, 0.6) is 0 Å². The number of rotatable bonds is 4. The topological polar surface area (TPSA) is 77.0 Å². The van der Waals surface area contributed by atoms with Crippen LogP contribution < -0.4 is 10.6 Å². The minimum absolute atomic E-state index is 0.445. The Hall–Kier alpha value is -3.35. The molecule has 0 saturated heterocycles. The van der Waals surface area contributed by atoms with Gasteiger partial charge >= 0.3 is 0 Å². The monoisotopic (exact) mass is 505 g/mol. The van der Waals surface area contributed by atoms with Crippen molar-refractivity contribution in [1.29, 1.82) is 0 Å². The van der Waals surface area contributed by atoms with E-state index in [2.05, 4.69) is 46.6 Å². The highest BCUT2D eigenvalue weighted by molar-refractivity contribution is 6.36. The summed E-state index contributed by atoms with van der Waals surface area (Å²) in [6, 6.07) is 13.5. The van der Waals surface area contributed by atoms with Gasteiger partial charge in [-0.05, 0) is 55.7 Å². The summed E-state index contributed by atoms with van der Waals surface area (Å²) >= 11 is 12.6. The average molecular weight is 506 g/mol. The molecule has 1 amide bonds. The maximum absolute atomic E-state index is 11.8. The molecule has 3 heterocycles. The molecule has 1 aliphatic heterocycles. The third-order valence-corrected chi connectivity index (χ3v) is 7.02. The summed E-state index contributed by atoms with van der Waals surface area (Å²) < 4.78 is 2.06. The number of hydrogen-bond acceptors (Lipinski definition) is 4. The normalized spacial score (nSPS) is 13.1. The Kier molecular flexibility index (Phi) is 6.03. The number of aromatic nitrogens is 3. The predicted octanol–water partition coefficient (Wildman–Crippen LogP) is 5.83. The van der Waals surface area contributed by atoms with E-state index in [-0.39, 0.29) is 0 Å². The van der Waals surface area contributed by atoms with Crippen LogP contribution >= 0.6 is 23.2 Å². The van der Waals surface area contributed by atoms with Gasteiger partial charge in [0, 0.05) is 42.4 Å². The number of halogens is 2. The van der Waals surface area contributed by atoms with Gasteiger partial charge in [-0.2, -0.15) is 5.10 Å². The molecule has 4 aromatic rings. The molecule has 1 aliphatic rings. The number of pyridine rings is 1. The van der Waals surface area contributed by atoms with Crippen LogP contribution in [0.2, 0.25) is 10.0 Å². The highest BCUT2D eigenvalue weighted by Crippen LogP contribution is 2.38. The van der Waals surface area contributed by atoms with Gasteiger partial charge in [0.15, 0.2) is 0 Å². The first-order valence-electron chi connectivity index (χ1n) is 11.4. The van der Waals surface area contributed by atoms with Gasteiger partial charge in [-0.15, -0.1) is 0 Å². The number of nitrogens with two attached hydrogens (primary N) is 1. The van der Waals surface area contributed by atoms with Crippen molar-refractivity contribution in [3.05, 3.63) is 92.2 Å². The third kappa shape index (κ3) is 4.17. The Morgan fingerprint density at radius 1 is 1.03 bits per heavy atom. The van der Waals surface area contributed by atoms with E-state index in [0.29, 0.717) is 28.0 Å². The van der Waals surface area contributed by atoms with Gasteiger partial charge in [0.25, 0.3) is 0 Å².